The molecule has 0 bridgehead atoms. The Labute approximate surface area is 108 Å². The van der Waals surface area contributed by atoms with Gasteiger partial charge in [-0.25, -0.2) is 0 Å². The summed E-state index contributed by atoms with van der Waals surface area (Å²) in [6, 6.07) is 0. The lowest BCUT2D eigenvalue weighted by Gasteiger charge is -2.40. The van der Waals surface area contributed by atoms with Gasteiger partial charge >= 0.3 is 0 Å². The molecule has 1 heterocycles. The Morgan fingerprint density at radius 3 is 1.94 bits per heavy atom. The van der Waals surface area contributed by atoms with Crippen molar-refractivity contribution in [1.29, 1.82) is 0 Å². The van der Waals surface area contributed by atoms with Crippen LogP contribution in [0.2, 0.25) is 0 Å². The lowest BCUT2D eigenvalue weighted by molar-refractivity contribution is 0.0136. The maximum Gasteiger partial charge on any atom is 0.0594 e. The van der Waals surface area contributed by atoms with E-state index >= 15 is 0 Å². The minimum Gasteiger partial charge on any atom is -0.379 e. The summed E-state index contributed by atoms with van der Waals surface area (Å²) in [5.41, 5.74) is 0.815. The molecule has 0 saturated carbocycles. The predicted octanol–water partition coefficient (Wildman–Crippen LogP) is 3.42. The minimum absolute atomic E-state index is 0.394. The van der Waals surface area contributed by atoms with Gasteiger partial charge in [0.25, 0.3) is 0 Å². The van der Waals surface area contributed by atoms with Gasteiger partial charge in [0, 0.05) is 19.6 Å². The van der Waals surface area contributed by atoms with Crippen LogP contribution in [0.15, 0.2) is 0 Å². The monoisotopic (exact) mass is 241 g/mol. The van der Waals surface area contributed by atoms with Gasteiger partial charge in [-0.2, -0.15) is 0 Å². The van der Waals surface area contributed by atoms with Gasteiger partial charge in [-0.3, -0.25) is 4.90 Å². The summed E-state index contributed by atoms with van der Waals surface area (Å²) in [5.74, 6) is 0.764. The quantitative estimate of drug-likeness (QED) is 0.751. The van der Waals surface area contributed by atoms with Crippen LogP contribution in [-0.4, -0.2) is 37.7 Å². The van der Waals surface area contributed by atoms with Crippen LogP contribution in [0.25, 0.3) is 0 Å². The molecule has 0 radical (unpaired) electrons. The zero-order chi connectivity index (χ0) is 13.1. The van der Waals surface area contributed by atoms with Gasteiger partial charge in [0.2, 0.25) is 0 Å². The Bertz CT molecular complexity index is 218. The van der Waals surface area contributed by atoms with Crippen LogP contribution in [-0.2, 0) is 4.74 Å². The minimum atomic E-state index is 0.394. The highest BCUT2D eigenvalue weighted by Gasteiger charge is 2.30. The second-order valence-electron chi connectivity index (χ2n) is 7.74. The molecule has 0 N–H and O–H groups in total. The molecule has 0 spiro atoms. The number of hydrogen-bond acceptors (Lipinski definition) is 2. The number of hydrogen-bond donors (Lipinski definition) is 0. The summed E-state index contributed by atoms with van der Waals surface area (Å²) in [7, 11) is 0. The first-order valence-corrected chi connectivity index (χ1v) is 6.98. The van der Waals surface area contributed by atoms with Crippen LogP contribution < -0.4 is 0 Å². The highest BCUT2D eigenvalue weighted by Crippen LogP contribution is 2.36. The summed E-state index contributed by atoms with van der Waals surface area (Å²) in [6.07, 6.45) is 1.30. The largest absolute Gasteiger partial charge is 0.379 e. The third-order valence-corrected chi connectivity index (χ3v) is 3.67. The first kappa shape index (κ1) is 15.0. The third-order valence-electron chi connectivity index (χ3n) is 3.67. The number of morpholine rings is 1. The van der Waals surface area contributed by atoms with Gasteiger partial charge in [0.1, 0.15) is 0 Å². The molecule has 0 aromatic heterocycles. The molecule has 2 nitrogen and oxygen atoms in total. The van der Waals surface area contributed by atoms with Gasteiger partial charge in [-0.15, -0.1) is 0 Å². The van der Waals surface area contributed by atoms with Crippen molar-refractivity contribution in [3.05, 3.63) is 0 Å². The molecule has 17 heavy (non-hydrogen) atoms. The van der Waals surface area contributed by atoms with Crippen molar-refractivity contribution in [2.45, 2.75) is 48.0 Å². The maximum absolute atomic E-state index is 5.43. The number of rotatable bonds is 3. The van der Waals surface area contributed by atoms with Gasteiger partial charge < -0.3 is 4.74 Å². The van der Waals surface area contributed by atoms with Gasteiger partial charge in [-0.1, -0.05) is 41.5 Å². The zero-order valence-corrected chi connectivity index (χ0v) is 12.7. The highest BCUT2D eigenvalue weighted by molar-refractivity contribution is 4.82. The Hall–Kier alpha value is -0.0800. The van der Waals surface area contributed by atoms with E-state index in [2.05, 4.69) is 46.4 Å². The zero-order valence-electron chi connectivity index (χ0n) is 12.7. The first-order valence-electron chi connectivity index (χ1n) is 6.98. The van der Waals surface area contributed by atoms with Crippen molar-refractivity contribution >= 4 is 0 Å². The summed E-state index contributed by atoms with van der Waals surface area (Å²) < 4.78 is 5.43. The molecule has 0 amide bonds. The second kappa shape index (κ2) is 5.71. The van der Waals surface area contributed by atoms with E-state index in [9.17, 15) is 0 Å². The molecule has 0 aliphatic carbocycles. The molecule has 1 atom stereocenters. The van der Waals surface area contributed by atoms with Crippen molar-refractivity contribution in [3.8, 4) is 0 Å². The molecule has 1 aliphatic heterocycles. The fourth-order valence-corrected chi connectivity index (χ4v) is 2.48. The number of nitrogens with zero attached hydrogens (tertiary/aromatic N) is 1. The van der Waals surface area contributed by atoms with E-state index in [-0.39, 0.29) is 0 Å². The van der Waals surface area contributed by atoms with E-state index in [0.717, 1.165) is 32.2 Å². The Morgan fingerprint density at radius 2 is 1.53 bits per heavy atom. The van der Waals surface area contributed by atoms with Crippen LogP contribution in [0, 0.1) is 16.7 Å². The van der Waals surface area contributed by atoms with Gasteiger partial charge in [0.15, 0.2) is 0 Å². The van der Waals surface area contributed by atoms with E-state index in [1.54, 1.807) is 0 Å². The van der Waals surface area contributed by atoms with Crippen LogP contribution in [0.1, 0.15) is 48.0 Å². The van der Waals surface area contributed by atoms with Crippen molar-refractivity contribution in [2.75, 3.05) is 32.8 Å². The third kappa shape index (κ3) is 5.87. The summed E-state index contributed by atoms with van der Waals surface area (Å²) in [6.45, 7) is 19.5. The van der Waals surface area contributed by atoms with Crippen LogP contribution in [0.5, 0.6) is 0 Å². The van der Waals surface area contributed by atoms with Crippen molar-refractivity contribution < 1.29 is 4.74 Å². The van der Waals surface area contributed by atoms with E-state index in [0.29, 0.717) is 10.8 Å². The molecule has 1 aliphatic rings. The molecule has 1 saturated heterocycles. The fourth-order valence-electron chi connectivity index (χ4n) is 2.48. The lowest BCUT2D eigenvalue weighted by atomic mass is 9.72. The van der Waals surface area contributed by atoms with Crippen molar-refractivity contribution in [2.24, 2.45) is 16.7 Å². The molecule has 0 aromatic rings. The van der Waals surface area contributed by atoms with Gasteiger partial charge in [0.05, 0.1) is 13.2 Å². The van der Waals surface area contributed by atoms with E-state index < -0.39 is 0 Å². The lowest BCUT2D eigenvalue weighted by Crippen LogP contribution is -2.43. The van der Waals surface area contributed by atoms with Crippen molar-refractivity contribution in [3.63, 3.8) is 0 Å². The van der Waals surface area contributed by atoms with Crippen LogP contribution >= 0.6 is 0 Å². The summed E-state index contributed by atoms with van der Waals surface area (Å²) >= 11 is 0. The molecule has 1 unspecified atom stereocenters. The Balaban J connectivity index is 2.57. The Kier molecular flexibility index (Phi) is 5.03. The second-order valence-corrected chi connectivity index (χ2v) is 7.74. The molecule has 1 rings (SSSR count). The topological polar surface area (TPSA) is 12.5 Å². The molecule has 2 heteroatoms. The predicted molar refractivity (Wildman–Crippen MR) is 74.3 cm³/mol. The molecule has 0 aromatic carbocycles. The average molecular weight is 241 g/mol. The standard InChI is InChI=1S/C15H31NO/c1-14(2,3)11-13(15(4,5)6)12-16-7-9-17-10-8-16/h13H,7-12H2,1-6H3. The smallest absolute Gasteiger partial charge is 0.0594 e. The average Bonchev–Trinajstić information content (AvgIpc) is 2.15. The first-order chi connectivity index (χ1) is 7.68. The van der Waals surface area contributed by atoms with Gasteiger partial charge in [-0.05, 0) is 23.2 Å². The summed E-state index contributed by atoms with van der Waals surface area (Å²) in [4.78, 5) is 2.57. The molecular weight excluding hydrogens is 210 g/mol. The number of ether oxygens (including phenoxy) is 1. The van der Waals surface area contributed by atoms with Crippen LogP contribution in [0.3, 0.4) is 0 Å². The van der Waals surface area contributed by atoms with Crippen LogP contribution in [0.4, 0.5) is 0 Å². The van der Waals surface area contributed by atoms with E-state index in [1.165, 1.54) is 13.0 Å². The van der Waals surface area contributed by atoms with Crippen molar-refractivity contribution in [1.82, 2.24) is 4.90 Å². The SMILES string of the molecule is CC(C)(C)CC(CN1CCOCC1)C(C)(C)C. The highest BCUT2D eigenvalue weighted by atomic mass is 16.5. The normalized spacial score (nSPS) is 21.5. The fraction of sp³-hybridized carbons (Fsp3) is 1.00. The molecule has 102 valence electrons. The Morgan fingerprint density at radius 1 is 1.00 bits per heavy atom. The van der Waals surface area contributed by atoms with E-state index in [1.807, 2.05) is 0 Å². The molecule has 1 fully saturated rings. The maximum atomic E-state index is 5.43. The summed E-state index contributed by atoms with van der Waals surface area (Å²) in [5, 5.41) is 0. The molecular formula is C15H31NO. The van der Waals surface area contributed by atoms with E-state index in [4.69, 9.17) is 4.74 Å².